The first-order chi connectivity index (χ1) is 12.2. The summed E-state index contributed by atoms with van der Waals surface area (Å²) in [6, 6.07) is 13.5. The van der Waals surface area contributed by atoms with E-state index in [0.29, 0.717) is 5.95 Å². The lowest BCUT2D eigenvalue weighted by Crippen LogP contribution is -2.05. The molecule has 3 N–H and O–H groups in total. The molecule has 0 bridgehead atoms. The molecule has 0 aliphatic carbocycles. The Labute approximate surface area is 148 Å². The molecule has 4 rings (SSSR count). The molecule has 0 fully saturated rings. The summed E-state index contributed by atoms with van der Waals surface area (Å²) in [6.45, 7) is 1.49. The highest BCUT2D eigenvalue weighted by Crippen LogP contribution is 2.26. The maximum Gasteiger partial charge on any atom is 0.221 e. The van der Waals surface area contributed by atoms with Crippen molar-refractivity contribution in [3.05, 3.63) is 54.0 Å². The van der Waals surface area contributed by atoms with E-state index in [2.05, 4.69) is 25.6 Å². The number of imidazole rings is 1. The predicted octanol–water partition coefficient (Wildman–Crippen LogP) is 4.39. The Bertz CT molecular complexity index is 1040. The van der Waals surface area contributed by atoms with E-state index in [1.54, 1.807) is 17.5 Å². The summed E-state index contributed by atoms with van der Waals surface area (Å²) in [5.41, 5.74) is 4.45. The van der Waals surface area contributed by atoms with Crippen LogP contribution in [0.4, 0.5) is 17.3 Å². The molecule has 124 valence electrons. The van der Waals surface area contributed by atoms with Crippen LogP contribution in [0.1, 0.15) is 6.92 Å². The maximum atomic E-state index is 11.2. The van der Waals surface area contributed by atoms with Gasteiger partial charge in [0.1, 0.15) is 5.01 Å². The SMILES string of the molecule is CC(=O)Nc1cccc(Nc2nc3ccc(-c4nccs4)cc3[nH]2)c1. The van der Waals surface area contributed by atoms with Gasteiger partial charge in [-0.2, -0.15) is 0 Å². The van der Waals surface area contributed by atoms with E-state index in [9.17, 15) is 4.79 Å². The number of rotatable bonds is 4. The minimum absolute atomic E-state index is 0.101. The van der Waals surface area contributed by atoms with Crippen molar-refractivity contribution >= 4 is 45.6 Å². The second kappa shape index (κ2) is 6.37. The van der Waals surface area contributed by atoms with Gasteiger partial charge in [0, 0.05) is 35.4 Å². The standard InChI is InChI=1S/C18H15N5OS/c1-11(24)20-13-3-2-4-14(10-13)21-18-22-15-6-5-12(9-16(15)23-18)17-19-7-8-25-17/h2-10H,1H3,(H,20,24)(H2,21,22,23). The first-order valence-corrected chi connectivity index (χ1v) is 8.60. The molecule has 6 nitrogen and oxygen atoms in total. The number of aromatic amines is 1. The molecule has 0 spiro atoms. The van der Waals surface area contributed by atoms with E-state index < -0.39 is 0 Å². The number of thiazole rings is 1. The maximum absolute atomic E-state index is 11.2. The summed E-state index contributed by atoms with van der Waals surface area (Å²) >= 11 is 1.60. The highest BCUT2D eigenvalue weighted by atomic mass is 32.1. The second-order valence-electron chi connectivity index (χ2n) is 5.54. The molecular weight excluding hydrogens is 334 g/mol. The van der Waals surface area contributed by atoms with Crippen LogP contribution in [0.3, 0.4) is 0 Å². The van der Waals surface area contributed by atoms with Gasteiger partial charge in [0.2, 0.25) is 11.9 Å². The highest BCUT2D eigenvalue weighted by Gasteiger charge is 2.07. The number of nitrogens with one attached hydrogen (secondary N) is 3. The lowest BCUT2D eigenvalue weighted by atomic mass is 10.2. The van der Waals surface area contributed by atoms with Crippen molar-refractivity contribution in [2.75, 3.05) is 10.6 Å². The zero-order chi connectivity index (χ0) is 17.2. The van der Waals surface area contributed by atoms with Crippen molar-refractivity contribution in [1.29, 1.82) is 0 Å². The van der Waals surface area contributed by atoms with Crippen LogP contribution in [-0.2, 0) is 4.79 Å². The van der Waals surface area contributed by atoms with E-state index in [1.165, 1.54) is 6.92 Å². The van der Waals surface area contributed by atoms with Crippen LogP contribution in [0.5, 0.6) is 0 Å². The van der Waals surface area contributed by atoms with E-state index in [1.807, 2.05) is 47.8 Å². The summed E-state index contributed by atoms with van der Waals surface area (Å²) in [5.74, 6) is 0.543. The number of benzene rings is 2. The van der Waals surface area contributed by atoms with Gasteiger partial charge < -0.3 is 15.6 Å². The van der Waals surface area contributed by atoms with Crippen LogP contribution in [0, 0.1) is 0 Å². The molecule has 0 saturated heterocycles. The van der Waals surface area contributed by atoms with Gasteiger partial charge in [0.05, 0.1) is 11.0 Å². The normalized spacial score (nSPS) is 10.8. The predicted molar refractivity (Wildman–Crippen MR) is 101 cm³/mol. The minimum Gasteiger partial charge on any atom is -0.326 e. The Kier molecular flexibility index (Phi) is 3.91. The van der Waals surface area contributed by atoms with Gasteiger partial charge in [0.25, 0.3) is 0 Å². The third-order valence-electron chi connectivity index (χ3n) is 3.61. The third kappa shape index (κ3) is 3.36. The fourth-order valence-corrected chi connectivity index (χ4v) is 3.22. The lowest BCUT2D eigenvalue weighted by Gasteiger charge is -2.06. The molecule has 0 atom stereocenters. The topological polar surface area (TPSA) is 82.7 Å². The molecule has 7 heteroatoms. The fraction of sp³-hybridized carbons (Fsp3) is 0.0556. The van der Waals surface area contributed by atoms with Gasteiger partial charge in [-0.05, 0) is 36.4 Å². The molecule has 2 aromatic carbocycles. The van der Waals surface area contributed by atoms with Crippen molar-refractivity contribution in [3.63, 3.8) is 0 Å². The Hall–Kier alpha value is -3.19. The number of aromatic nitrogens is 3. The van der Waals surface area contributed by atoms with Crippen molar-refractivity contribution in [2.24, 2.45) is 0 Å². The highest BCUT2D eigenvalue weighted by molar-refractivity contribution is 7.13. The van der Waals surface area contributed by atoms with Crippen LogP contribution < -0.4 is 10.6 Å². The Morgan fingerprint density at radius 3 is 2.84 bits per heavy atom. The van der Waals surface area contributed by atoms with Crippen molar-refractivity contribution < 1.29 is 4.79 Å². The van der Waals surface area contributed by atoms with Crippen LogP contribution in [-0.4, -0.2) is 20.9 Å². The average molecular weight is 349 g/mol. The van der Waals surface area contributed by atoms with Gasteiger partial charge in [0.15, 0.2) is 0 Å². The summed E-state index contributed by atoms with van der Waals surface area (Å²) in [7, 11) is 0. The van der Waals surface area contributed by atoms with E-state index >= 15 is 0 Å². The first-order valence-electron chi connectivity index (χ1n) is 7.72. The number of carbonyl (C=O) groups excluding carboxylic acids is 1. The monoisotopic (exact) mass is 349 g/mol. The van der Waals surface area contributed by atoms with Gasteiger partial charge in [-0.1, -0.05) is 6.07 Å². The van der Waals surface area contributed by atoms with E-state index in [-0.39, 0.29) is 5.91 Å². The lowest BCUT2D eigenvalue weighted by molar-refractivity contribution is -0.114. The summed E-state index contributed by atoms with van der Waals surface area (Å²) in [5, 5.41) is 8.94. The number of nitrogens with zero attached hydrogens (tertiary/aromatic N) is 2. The molecule has 2 heterocycles. The Morgan fingerprint density at radius 2 is 2.04 bits per heavy atom. The molecule has 0 saturated carbocycles. The van der Waals surface area contributed by atoms with Crippen molar-refractivity contribution in [3.8, 4) is 10.6 Å². The van der Waals surface area contributed by atoms with Gasteiger partial charge in [-0.25, -0.2) is 9.97 Å². The minimum atomic E-state index is -0.101. The zero-order valence-corrected chi connectivity index (χ0v) is 14.2. The molecular formula is C18H15N5OS. The van der Waals surface area contributed by atoms with Gasteiger partial charge >= 0.3 is 0 Å². The number of amides is 1. The first kappa shape index (κ1) is 15.3. The summed E-state index contributed by atoms with van der Waals surface area (Å²) < 4.78 is 0. The number of H-pyrrole nitrogens is 1. The van der Waals surface area contributed by atoms with Crippen molar-refractivity contribution in [1.82, 2.24) is 15.0 Å². The van der Waals surface area contributed by atoms with Gasteiger partial charge in [-0.3, -0.25) is 4.79 Å². The molecule has 25 heavy (non-hydrogen) atoms. The smallest absolute Gasteiger partial charge is 0.221 e. The number of hydrogen-bond acceptors (Lipinski definition) is 5. The van der Waals surface area contributed by atoms with Gasteiger partial charge in [-0.15, -0.1) is 11.3 Å². The van der Waals surface area contributed by atoms with Crippen molar-refractivity contribution in [2.45, 2.75) is 6.92 Å². The summed E-state index contributed by atoms with van der Waals surface area (Å²) in [4.78, 5) is 23.3. The quantitative estimate of drug-likeness (QED) is 0.510. The van der Waals surface area contributed by atoms with Crippen LogP contribution in [0.15, 0.2) is 54.0 Å². The summed E-state index contributed by atoms with van der Waals surface area (Å²) in [6.07, 6.45) is 1.80. The molecule has 1 amide bonds. The Morgan fingerprint density at radius 1 is 1.16 bits per heavy atom. The molecule has 0 radical (unpaired) electrons. The fourth-order valence-electron chi connectivity index (χ4n) is 2.58. The number of fused-ring (bicyclic) bond motifs is 1. The third-order valence-corrected chi connectivity index (χ3v) is 4.43. The number of hydrogen-bond donors (Lipinski definition) is 3. The second-order valence-corrected chi connectivity index (χ2v) is 6.44. The average Bonchev–Trinajstić information content (AvgIpc) is 3.23. The molecule has 4 aromatic rings. The molecule has 0 aliphatic heterocycles. The largest absolute Gasteiger partial charge is 0.326 e. The van der Waals surface area contributed by atoms with Crippen LogP contribution in [0.25, 0.3) is 21.6 Å². The van der Waals surface area contributed by atoms with E-state index in [4.69, 9.17) is 0 Å². The van der Waals surface area contributed by atoms with E-state index in [0.717, 1.165) is 33.0 Å². The molecule has 0 unspecified atom stereocenters. The molecule has 2 aromatic heterocycles. The zero-order valence-electron chi connectivity index (χ0n) is 13.4. The number of carbonyl (C=O) groups is 1. The van der Waals surface area contributed by atoms with Crippen LogP contribution >= 0.6 is 11.3 Å². The Balaban J connectivity index is 1.61. The molecule has 0 aliphatic rings. The number of anilines is 3. The van der Waals surface area contributed by atoms with Crippen LogP contribution in [0.2, 0.25) is 0 Å².